The van der Waals surface area contributed by atoms with E-state index in [1.54, 1.807) is 0 Å². The third-order valence-electron chi connectivity index (χ3n) is 3.69. The normalized spacial score (nSPS) is 17.6. The van der Waals surface area contributed by atoms with Crippen LogP contribution in [0.1, 0.15) is 28.8 Å². The highest BCUT2D eigenvalue weighted by Gasteiger charge is 2.19. The van der Waals surface area contributed by atoms with Gasteiger partial charge in [-0.15, -0.1) is 0 Å². The summed E-state index contributed by atoms with van der Waals surface area (Å²) in [5.41, 5.74) is 6.03. The van der Waals surface area contributed by atoms with Gasteiger partial charge >= 0.3 is 0 Å². The number of benzene rings is 1. The van der Waals surface area contributed by atoms with Crippen LogP contribution in [0.2, 0.25) is 0 Å². The third kappa shape index (κ3) is 3.52. The van der Waals surface area contributed by atoms with Crippen molar-refractivity contribution < 1.29 is 14.3 Å². The van der Waals surface area contributed by atoms with Crippen LogP contribution in [0.25, 0.3) is 0 Å². The van der Waals surface area contributed by atoms with Gasteiger partial charge in [-0.3, -0.25) is 9.69 Å². The first-order valence-electron chi connectivity index (χ1n) is 6.51. The first-order valence-corrected chi connectivity index (χ1v) is 6.51. The van der Waals surface area contributed by atoms with E-state index in [4.69, 9.17) is 10.8 Å². The lowest BCUT2D eigenvalue weighted by atomic mass is 9.97. The lowest BCUT2D eigenvalue weighted by Gasteiger charge is -2.31. The van der Waals surface area contributed by atoms with Gasteiger partial charge in [0.05, 0.1) is 0 Å². The molecule has 1 fully saturated rings. The maximum atomic E-state index is 13.7. The van der Waals surface area contributed by atoms with Gasteiger partial charge in [-0.05, 0) is 50.0 Å². The smallest absolute Gasteiger partial charge is 0.248 e. The van der Waals surface area contributed by atoms with Crippen LogP contribution < -0.4 is 5.73 Å². The third-order valence-corrected chi connectivity index (χ3v) is 3.69. The molecule has 1 aromatic carbocycles. The molecule has 4 nitrogen and oxygen atoms in total. The van der Waals surface area contributed by atoms with Gasteiger partial charge in [-0.1, -0.05) is 0 Å². The Morgan fingerprint density at radius 2 is 2.11 bits per heavy atom. The molecule has 0 spiro atoms. The number of halogens is 1. The minimum absolute atomic E-state index is 0.222. The van der Waals surface area contributed by atoms with Gasteiger partial charge in [0.2, 0.25) is 5.91 Å². The number of piperidine rings is 1. The monoisotopic (exact) mass is 266 g/mol. The molecule has 0 radical (unpaired) electrons. The van der Waals surface area contributed by atoms with Crippen molar-refractivity contribution in [3.8, 4) is 0 Å². The van der Waals surface area contributed by atoms with E-state index in [2.05, 4.69) is 4.90 Å². The van der Waals surface area contributed by atoms with Crippen LogP contribution in [0, 0.1) is 11.7 Å². The van der Waals surface area contributed by atoms with E-state index in [1.165, 1.54) is 18.2 Å². The van der Waals surface area contributed by atoms with Crippen molar-refractivity contribution in [2.75, 3.05) is 19.7 Å². The predicted molar refractivity (Wildman–Crippen MR) is 70.0 cm³/mol. The maximum absolute atomic E-state index is 13.7. The number of amides is 1. The first-order chi connectivity index (χ1) is 9.10. The highest BCUT2D eigenvalue weighted by atomic mass is 19.1. The summed E-state index contributed by atoms with van der Waals surface area (Å²) in [5, 5.41) is 9.08. The van der Waals surface area contributed by atoms with E-state index < -0.39 is 5.91 Å². The minimum atomic E-state index is -0.541. The van der Waals surface area contributed by atoms with Crippen molar-refractivity contribution in [1.29, 1.82) is 0 Å². The van der Waals surface area contributed by atoms with Gasteiger partial charge in [0.15, 0.2) is 0 Å². The summed E-state index contributed by atoms with van der Waals surface area (Å²) < 4.78 is 13.7. The number of aliphatic hydroxyl groups excluding tert-OH is 1. The van der Waals surface area contributed by atoms with Crippen LogP contribution in [0.15, 0.2) is 18.2 Å². The van der Waals surface area contributed by atoms with Gasteiger partial charge in [0.1, 0.15) is 5.82 Å². The fourth-order valence-electron chi connectivity index (χ4n) is 2.42. The van der Waals surface area contributed by atoms with E-state index in [9.17, 15) is 9.18 Å². The van der Waals surface area contributed by atoms with Crippen LogP contribution in [-0.4, -0.2) is 35.6 Å². The number of primary amides is 1. The van der Waals surface area contributed by atoms with Crippen LogP contribution >= 0.6 is 0 Å². The molecule has 0 aromatic heterocycles. The number of rotatable bonds is 4. The Labute approximate surface area is 112 Å². The topological polar surface area (TPSA) is 66.6 Å². The zero-order chi connectivity index (χ0) is 13.8. The van der Waals surface area contributed by atoms with Gasteiger partial charge in [-0.2, -0.15) is 0 Å². The summed E-state index contributed by atoms with van der Waals surface area (Å²) in [6.45, 7) is 2.38. The quantitative estimate of drug-likeness (QED) is 0.858. The van der Waals surface area contributed by atoms with E-state index in [0.717, 1.165) is 25.9 Å². The largest absolute Gasteiger partial charge is 0.396 e. The van der Waals surface area contributed by atoms with Crippen LogP contribution in [-0.2, 0) is 6.54 Å². The van der Waals surface area contributed by atoms with Crippen molar-refractivity contribution in [3.05, 3.63) is 35.1 Å². The fourth-order valence-corrected chi connectivity index (χ4v) is 2.42. The number of hydrogen-bond donors (Lipinski definition) is 2. The van der Waals surface area contributed by atoms with Crippen LogP contribution in [0.3, 0.4) is 0 Å². The second-order valence-corrected chi connectivity index (χ2v) is 5.07. The van der Waals surface area contributed by atoms with Crippen LogP contribution in [0.4, 0.5) is 4.39 Å². The SMILES string of the molecule is NC(=O)c1ccc(F)c(CN2CCC(CO)CC2)c1. The molecule has 2 rings (SSSR count). The Hall–Kier alpha value is -1.46. The lowest BCUT2D eigenvalue weighted by molar-refractivity contribution is 0.0999. The molecule has 0 unspecified atom stereocenters. The molecule has 3 N–H and O–H groups in total. The summed E-state index contributed by atoms with van der Waals surface area (Å²) >= 11 is 0. The Bertz CT molecular complexity index is 457. The van der Waals surface area contributed by atoms with Crippen molar-refractivity contribution in [2.24, 2.45) is 11.7 Å². The van der Waals surface area contributed by atoms with E-state index >= 15 is 0 Å². The molecule has 1 aromatic rings. The summed E-state index contributed by atoms with van der Waals surface area (Å²) in [5.74, 6) is -0.493. The lowest BCUT2D eigenvalue weighted by Crippen LogP contribution is -2.34. The number of carbonyl (C=O) groups is 1. The molecule has 5 heteroatoms. The number of likely N-dealkylation sites (tertiary alicyclic amines) is 1. The molecule has 0 aliphatic carbocycles. The summed E-state index contributed by atoms with van der Waals surface area (Å²) in [4.78, 5) is 13.2. The van der Waals surface area contributed by atoms with Crippen LogP contribution in [0.5, 0.6) is 0 Å². The van der Waals surface area contributed by atoms with Gasteiger partial charge < -0.3 is 10.8 Å². The molecule has 19 heavy (non-hydrogen) atoms. The Morgan fingerprint density at radius 3 is 2.68 bits per heavy atom. The first kappa shape index (κ1) is 14.0. The summed E-state index contributed by atoms with van der Waals surface area (Å²) in [7, 11) is 0. The molecule has 0 atom stereocenters. The molecule has 1 amide bonds. The standard InChI is InChI=1S/C14H19FN2O2/c15-13-2-1-11(14(16)19)7-12(13)8-17-5-3-10(9-18)4-6-17/h1-2,7,10,18H,3-6,8-9H2,(H2,16,19). The minimum Gasteiger partial charge on any atom is -0.396 e. The molecule has 1 saturated heterocycles. The number of nitrogens with two attached hydrogens (primary N) is 1. The molecule has 0 saturated carbocycles. The number of nitrogens with zero attached hydrogens (tertiary/aromatic N) is 1. The van der Waals surface area contributed by atoms with E-state index in [0.29, 0.717) is 23.6 Å². The number of hydrogen-bond acceptors (Lipinski definition) is 3. The maximum Gasteiger partial charge on any atom is 0.248 e. The predicted octanol–water partition coefficient (Wildman–Crippen LogP) is 1.13. The molecule has 104 valence electrons. The molecular weight excluding hydrogens is 247 g/mol. The van der Waals surface area contributed by atoms with Gasteiger partial charge in [-0.25, -0.2) is 4.39 Å². The Balaban J connectivity index is 2.03. The molecule has 1 aliphatic rings. The van der Waals surface area contributed by atoms with Gasteiger partial charge in [0, 0.05) is 24.3 Å². The zero-order valence-corrected chi connectivity index (χ0v) is 10.8. The average Bonchev–Trinajstić information content (AvgIpc) is 2.42. The number of carbonyl (C=O) groups excluding carboxylic acids is 1. The molecule has 1 heterocycles. The highest BCUT2D eigenvalue weighted by molar-refractivity contribution is 5.92. The van der Waals surface area contributed by atoms with E-state index in [1.807, 2.05) is 0 Å². The Kier molecular flexibility index (Phi) is 4.50. The Morgan fingerprint density at radius 1 is 1.42 bits per heavy atom. The summed E-state index contributed by atoms with van der Waals surface area (Å²) in [6, 6.07) is 4.21. The number of aliphatic hydroxyl groups is 1. The molecule has 0 bridgehead atoms. The van der Waals surface area contributed by atoms with E-state index in [-0.39, 0.29) is 12.4 Å². The van der Waals surface area contributed by atoms with Crippen molar-refractivity contribution in [1.82, 2.24) is 4.90 Å². The van der Waals surface area contributed by atoms with Gasteiger partial charge in [0.25, 0.3) is 0 Å². The molecular formula is C14H19FN2O2. The van der Waals surface area contributed by atoms with Crippen molar-refractivity contribution in [2.45, 2.75) is 19.4 Å². The molecule has 1 aliphatic heterocycles. The second-order valence-electron chi connectivity index (χ2n) is 5.07. The second kappa shape index (κ2) is 6.12. The highest BCUT2D eigenvalue weighted by Crippen LogP contribution is 2.20. The summed E-state index contributed by atoms with van der Waals surface area (Å²) in [6.07, 6.45) is 1.85. The van der Waals surface area contributed by atoms with Crippen molar-refractivity contribution in [3.63, 3.8) is 0 Å². The zero-order valence-electron chi connectivity index (χ0n) is 10.8. The average molecular weight is 266 g/mol. The van der Waals surface area contributed by atoms with Crippen molar-refractivity contribution >= 4 is 5.91 Å². The fraction of sp³-hybridized carbons (Fsp3) is 0.500.